The number of nitrogens with zero attached hydrogens (tertiary/aromatic N) is 1. The first-order valence-corrected chi connectivity index (χ1v) is 8.29. The van der Waals surface area contributed by atoms with Crippen molar-refractivity contribution in [3.63, 3.8) is 0 Å². The Kier molecular flexibility index (Phi) is 7.19. The second-order valence-corrected chi connectivity index (χ2v) is 6.04. The van der Waals surface area contributed by atoms with Gasteiger partial charge in [-0.1, -0.05) is 18.5 Å². The summed E-state index contributed by atoms with van der Waals surface area (Å²) in [6.07, 6.45) is 3.09. The summed E-state index contributed by atoms with van der Waals surface area (Å²) in [7, 11) is 1.96. The molecule has 0 aliphatic rings. The predicted molar refractivity (Wildman–Crippen MR) is 89.6 cm³/mol. The van der Waals surface area contributed by atoms with Gasteiger partial charge in [0.1, 0.15) is 0 Å². The van der Waals surface area contributed by atoms with E-state index in [0.29, 0.717) is 29.0 Å². The van der Waals surface area contributed by atoms with E-state index < -0.39 is 0 Å². The molecule has 1 rings (SSSR count). The lowest BCUT2D eigenvalue weighted by molar-refractivity contribution is -0.117. The van der Waals surface area contributed by atoms with Crippen LogP contribution in [0.15, 0.2) is 18.2 Å². The van der Waals surface area contributed by atoms with E-state index in [-0.39, 0.29) is 5.91 Å². The molecule has 0 spiro atoms. The number of likely N-dealkylation sites (N-methyl/N-ethyl adjacent to an activating group) is 1. The van der Waals surface area contributed by atoms with Crippen molar-refractivity contribution in [2.24, 2.45) is 0 Å². The number of nitrogens with two attached hydrogens (primary N) is 1. The van der Waals surface area contributed by atoms with Crippen LogP contribution in [-0.4, -0.2) is 42.4 Å². The Morgan fingerprint density at radius 1 is 1.55 bits per heavy atom. The molecular formula is C14H22ClN3OS. The Morgan fingerprint density at radius 3 is 2.85 bits per heavy atom. The van der Waals surface area contributed by atoms with Gasteiger partial charge in [-0.05, 0) is 37.9 Å². The molecule has 3 N–H and O–H groups in total. The molecule has 4 nitrogen and oxygen atoms in total. The summed E-state index contributed by atoms with van der Waals surface area (Å²) < 4.78 is 0. The van der Waals surface area contributed by atoms with Crippen molar-refractivity contribution < 1.29 is 4.79 Å². The summed E-state index contributed by atoms with van der Waals surface area (Å²) in [4.78, 5) is 14.1. The van der Waals surface area contributed by atoms with Gasteiger partial charge in [-0.15, -0.1) is 0 Å². The molecule has 0 radical (unpaired) electrons. The quantitative estimate of drug-likeness (QED) is 0.760. The van der Waals surface area contributed by atoms with E-state index in [1.807, 2.05) is 7.05 Å². The maximum Gasteiger partial charge on any atom is 0.238 e. The third-order valence-electron chi connectivity index (χ3n) is 3.11. The highest BCUT2D eigenvalue weighted by atomic mass is 35.5. The van der Waals surface area contributed by atoms with Gasteiger partial charge < -0.3 is 11.1 Å². The van der Waals surface area contributed by atoms with Gasteiger partial charge in [-0.3, -0.25) is 9.69 Å². The van der Waals surface area contributed by atoms with Crippen LogP contribution in [-0.2, 0) is 4.79 Å². The van der Waals surface area contributed by atoms with Crippen LogP contribution in [0.1, 0.15) is 13.3 Å². The molecule has 0 fully saturated rings. The fourth-order valence-corrected chi connectivity index (χ4v) is 2.97. The van der Waals surface area contributed by atoms with Gasteiger partial charge >= 0.3 is 0 Å². The summed E-state index contributed by atoms with van der Waals surface area (Å²) in [5.41, 5.74) is 6.82. The lowest BCUT2D eigenvalue weighted by Crippen LogP contribution is -2.39. The largest absolute Gasteiger partial charge is 0.399 e. The van der Waals surface area contributed by atoms with Crippen molar-refractivity contribution in [1.29, 1.82) is 0 Å². The van der Waals surface area contributed by atoms with Gasteiger partial charge in [0.2, 0.25) is 5.91 Å². The van der Waals surface area contributed by atoms with Crippen LogP contribution in [0, 0.1) is 0 Å². The number of nitrogen functional groups attached to an aromatic ring is 1. The van der Waals surface area contributed by atoms with E-state index in [4.69, 9.17) is 17.3 Å². The Morgan fingerprint density at radius 2 is 2.25 bits per heavy atom. The van der Waals surface area contributed by atoms with Crippen molar-refractivity contribution in [2.75, 3.05) is 36.7 Å². The number of carbonyl (C=O) groups excluding carboxylic acids is 1. The van der Waals surface area contributed by atoms with E-state index in [9.17, 15) is 4.79 Å². The van der Waals surface area contributed by atoms with Gasteiger partial charge in [-0.2, -0.15) is 11.8 Å². The smallest absolute Gasteiger partial charge is 0.238 e. The third-order valence-corrected chi connectivity index (χ3v) is 4.16. The number of anilines is 2. The van der Waals surface area contributed by atoms with E-state index >= 15 is 0 Å². The minimum atomic E-state index is -0.0837. The number of nitrogens with one attached hydrogen (secondary N) is 1. The number of hydrogen-bond donors (Lipinski definition) is 2. The Hall–Kier alpha value is -0.910. The molecule has 1 amide bonds. The number of carbonyl (C=O) groups is 1. The summed E-state index contributed by atoms with van der Waals surface area (Å²) >= 11 is 7.82. The lowest BCUT2D eigenvalue weighted by Gasteiger charge is -2.25. The Balaban J connectivity index is 2.60. The lowest BCUT2D eigenvalue weighted by atomic mass is 10.2. The van der Waals surface area contributed by atoms with Crippen LogP contribution in [0.5, 0.6) is 0 Å². The summed E-state index contributed by atoms with van der Waals surface area (Å²) in [5, 5.41) is 3.30. The Labute approximate surface area is 130 Å². The van der Waals surface area contributed by atoms with Crippen molar-refractivity contribution >= 4 is 40.6 Å². The number of hydrogen-bond acceptors (Lipinski definition) is 4. The summed E-state index contributed by atoms with van der Waals surface area (Å²) in [6, 6.07) is 5.44. The third kappa shape index (κ3) is 5.23. The van der Waals surface area contributed by atoms with Crippen molar-refractivity contribution in [1.82, 2.24) is 4.90 Å². The van der Waals surface area contributed by atoms with E-state index in [2.05, 4.69) is 23.4 Å². The highest BCUT2D eigenvalue weighted by Crippen LogP contribution is 2.24. The van der Waals surface area contributed by atoms with Gasteiger partial charge in [0.05, 0.1) is 17.3 Å². The van der Waals surface area contributed by atoms with Crippen molar-refractivity contribution in [2.45, 2.75) is 19.4 Å². The molecule has 20 heavy (non-hydrogen) atoms. The molecule has 6 heteroatoms. The average Bonchev–Trinajstić information content (AvgIpc) is 2.39. The molecule has 0 bridgehead atoms. The zero-order valence-corrected chi connectivity index (χ0v) is 13.7. The monoisotopic (exact) mass is 315 g/mol. The van der Waals surface area contributed by atoms with E-state index in [1.165, 1.54) is 0 Å². The number of benzene rings is 1. The van der Waals surface area contributed by atoms with Crippen LogP contribution >= 0.6 is 23.4 Å². The SMILES string of the molecule is CCC(CSC)N(C)CC(=O)Nc1cc(N)ccc1Cl. The first-order chi connectivity index (χ1) is 9.47. The number of rotatable bonds is 7. The molecule has 0 aromatic heterocycles. The topological polar surface area (TPSA) is 58.4 Å². The van der Waals surface area contributed by atoms with Gasteiger partial charge in [0.15, 0.2) is 0 Å². The van der Waals surface area contributed by atoms with Gasteiger partial charge in [-0.25, -0.2) is 0 Å². The Bertz CT molecular complexity index is 456. The van der Waals surface area contributed by atoms with E-state index in [0.717, 1.165) is 12.2 Å². The van der Waals surface area contributed by atoms with Crippen molar-refractivity contribution in [3.8, 4) is 0 Å². The number of amides is 1. The van der Waals surface area contributed by atoms with Crippen LogP contribution in [0.4, 0.5) is 11.4 Å². The van der Waals surface area contributed by atoms with Crippen LogP contribution in [0.3, 0.4) is 0 Å². The summed E-state index contributed by atoms with van der Waals surface area (Å²) in [5.74, 6) is 0.929. The second-order valence-electron chi connectivity index (χ2n) is 4.72. The standard InChI is InChI=1S/C14H22ClN3OS/c1-4-11(9-20-3)18(2)8-14(19)17-13-7-10(16)5-6-12(13)15/h5-7,11H,4,8-9,16H2,1-3H3,(H,17,19). The number of thioether (sulfide) groups is 1. The molecule has 112 valence electrons. The molecule has 0 heterocycles. The predicted octanol–water partition coefficient (Wildman–Crippen LogP) is 2.93. The molecular weight excluding hydrogens is 294 g/mol. The molecule has 0 saturated carbocycles. The normalized spacial score (nSPS) is 12.4. The minimum absolute atomic E-state index is 0.0837. The maximum atomic E-state index is 12.1. The molecule has 1 unspecified atom stereocenters. The highest BCUT2D eigenvalue weighted by Gasteiger charge is 2.16. The fraction of sp³-hybridized carbons (Fsp3) is 0.500. The average molecular weight is 316 g/mol. The first-order valence-electron chi connectivity index (χ1n) is 6.52. The number of halogens is 1. The molecule has 0 aliphatic heterocycles. The minimum Gasteiger partial charge on any atom is -0.399 e. The highest BCUT2D eigenvalue weighted by molar-refractivity contribution is 7.98. The van der Waals surface area contributed by atoms with Crippen LogP contribution < -0.4 is 11.1 Å². The molecule has 0 aliphatic carbocycles. The molecule has 1 atom stereocenters. The second kappa shape index (κ2) is 8.39. The first kappa shape index (κ1) is 17.1. The summed E-state index contributed by atoms with van der Waals surface area (Å²) in [6.45, 7) is 2.47. The zero-order chi connectivity index (χ0) is 15.1. The van der Waals surface area contributed by atoms with Crippen LogP contribution in [0.25, 0.3) is 0 Å². The fourth-order valence-electron chi connectivity index (χ4n) is 1.93. The molecule has 0 saturated heterocycles. The van der Waals surface area contributed by atoms with Gasteiger partial charge in [0, 0.05) is 17.5 Å². The molecule has 1 aromatic rings. The van der Waals surface area contributed by atoms with Gasteiger partial charge in [0.25, 0.3) is 0 Å². The van der Waals surface area contributed by atoms with E-state index in [1.54, 1.807) is 30.0 Å². The molecule has 1 aromatic carbocycles. The maximum absolute atomic E-state index is 12.1. The zero-order valence-electron chi connectivity index (χ0n) is 12.1. The van der Waals surface area contributed by atoms with Crippen LogP contribution in [0.2, 0.25) is 5.02 Å². The van der Waals surface area contributed by atoms with Crippen molar-refractivity contribution in [3.05, 3.63) is 23.2 Å².